The number of rotatable bonds is 10. The molecule has 0 saturated carbocycles. The predicted molar refractivity (Wildman–Crippen MR) is 79.9 cm³/mol. The van der Waals surface area contributed by atoms with E-state index in [0.717, 1.165) is 0 Å². The van der Waals surface area contributed by atoms with E-state index in [2.05, 4.69) is 0 Å². The van der Waals surface area contributed by atoms with Crippen LogP contribution in [0.15, 0.2) is 29.2 Å². The first-order valence-electron chi connectivity index (χ1n) is 6.97. The minimum absolute atomic E-state index is 0.0823. The number of nitrogens with zero attached hydrogens (tertiary/aromatic N) is 1. The van der Waals surface area contributed by atoms with Gasteiger partial charge in [-0.2, -0.15) is 4.31 Å². The third kappa shape index (κ3) is 5.28. The lowest BCUT2D eigenvalue weighted by atomic mass is 10.3. The first-order valence-corrected chi connectivity index (χ1v) is 8.41. The fraction of sp³-hybridized carbons (Fsp3) is 0.571. The third-order valence-electron chi connectivity index (χ3n) is 2.86. The molecule has 1 N–H and O–H groups in total. The summed E-state index contributed by atoms with van der Waals surface area (Å²) >= 11 is 0. The van der Waals surface area contributed by atoms with Gasteiger partial charge in [0.1, 0.15) is 12.4 Å². The number of hydrogen-bond acceptors (Lipinski definition) is 5. The normalized spacial score (nSPS) is 11.8. The maximum atomic E-state index is 12.5. The molecule has 0 spiro atoms. The molecule has 21 heavy (non-hydrogen) atoms. The summed E-state index contributed by atoms with van der Waals surface area (Å²) in [6.45, 7) is 5.42. The first-order chi connectivity index (χ1) is 10.1. The van der Waals surface area contributed by atoms with Crippen LogP contribution in [0.25, 0.3) is 0 Å². The average molecular weight is 317 g/mol. The van der Waals surface area contributed by atoms with Crippen LogP contribution < -0.4 is 4.74 Å². The summed E-state index contributed by atoms with van der Waals surface area (Å²) in [4.78, 5) is 0.220. The van der Waals surface area contributed by atoms with Crippen molar-refractivity contribution in [2.24, 2.45) is 0 Å². The number of aliphatic hydroxyl groups excluding tert-OH is 1. The SMILES string of the molecule is CCOCCN(CC)S(=O)(=O)c1ccc(OCCO)cc1. The fourth-order valence-corrected chi connectivity index (χ4v) is 3.21. The van der Waals surface area contributed by atoms with E-state index >= 15 is 0 Å². The predicted octanol–water partition coefficient (Wildman–Crippen LogP) is 1.10. The standard InChI is InChI=1S/C14H23NO5S/c1-3-15(9-11-19-4-2)21(17,18)14-7-5-13(6-8-14)20-12-10-16/h5-8,16H,3-4,9-12H2,1-2H3. The van der Waals surface area contributed by atoms with Crippen LogP contribution in [0, 0.1) is 0 Å². The van der Waals surface area contributed by atoms with Crippen molar-refractivity contribution in [3.63, 3.8) is 0 Å². The quantitative estimate of drug-likeness (QED) is 0.654. The van der Waals surface area contributed by atoms with E-state index in [1.807, 2.05) is 6.92 Å². The van der Waals surface area contributed by atoms with Gasteiger partial charge in [-0.1, -0.05) is 6.92 Å². The van der Waals surface area contributed by atoms with Crippen molar-refractivity contribution < 1.29 is 23.0 Å². The van der Waals surface area contributed by atoms with Gasteiger partial charge in [0, 0.05) is 19.7 Å². The minimum atomic E-state index is -3.52. The minimum Gasteiger partial charge on any atom is -0.491 e. The van der Waals surface area contributed by atoms with Gasteiger partial charge < -0.3 is 14.6 Å². The van der Waals surface area contributed by atoms with E-state index in [-0.39, 0.29) is 18.1 Å². The van der Waals surface area contributed by atoms with Gasteiger partial charge in [0.2, 0.25) is 10.0 Å². The third-order valence-corrected chi connectivity index (χ3v) is 4.85. The number of sulfonamides is 1. The van der Waals surface area contributed by atoms with E-state index in [4.69, 9.17) is 14.6 Å². The number of aliphatic hydroxyl groups is 1. The van der Waals surface area contributed by atoms with Gasteiger partial charge in [-0.05, 0) is 31.2 Å². The molecule has 0 aliphatic rings. The molecule has 0 fully saturated rings. The largest absolute Gasteiger partial charge is 0.491 e. The summed E-state index contributed by atoms with van der Waals surface area (Å²) < 4.78 is 36.7. The van der Waals surface area contributed by atoms with Gasteiger partial charge in [-0.3, -0.25) is 0 Å². The van der Waals surface area contributed by atoms with Crippen molar-refractivity contribution in [2.45, 2.75) is 18.7 Å². The summed E-state index contributed by atoms with van der Waals surface area (Å²) in [5.74, 6) is 0.528. The van der Waals surface area contributed by atoms with Crippen LogP contribution in [0.3, 0.4) is 0 Å². The second kappa shape index (κ2) is 8.99. The van der Waals surface area contributed by atoms with Crippen LogP contribution in [0.2, 0.25) is 0 Å². The smallest absolute Gasteiger partial charge is 0.243 e. The fourth-order valence-electron chi connectivity index (χ4n) is 1.78. The zero-order valence-electron chi connectivity index (χ0n) is 12.5. The Morgan fingerprint density at radius 3 is 2.33 bits per heavy atom. The molecule has 0 unspecified atom stereocenters. The van der Waals surface area contributed by atoms with Crippen molar-refractivity contribution in [2.75, 3.05) is 39.5 Å². The van der Waals surface area contributed by atoms with Crippen molar-refractivity contribution in [1.82, 2.24) is 4.31 Å². The zero-order valence-corrected chi connectivity index (χ0v) is 13.3. The molecule has 0 radical (unpaired) electrons. The van der Waals surface area contributed by atoms with E-state index < -0.39 is 10.0 Å². The molecule has 0 atom stereocenters. The van der Waals surface area contributed by atoms with Gasteiger partial charge in [0.05, 0.1) is 18.1 Å². The summed E-state index contributed by atoms with van der Waals surface area (Å²) in [5.41, 5.74) is 0. The Morgan fingerprint density at radius 2 is 1.81 bits per heavy atom. The molecule has 1 aromatic carbocycles. The molecule has 6 nitrogen and oxygen atoms in total. The lowest BCUT2D eigenvalue weighted by molar-refractivity contribution is 0.135. The van der Waals surface area contributed by atoms with Gasteiger partial charge >= 0.3 is 0 Å². The molecular weight excluding hydrogens is 294 g/mol. The Kier molecular flexibility index (Phi) is 7.66. The van der Waals surface area contributed by atoms with Crippen LogP contribution in [0.1, 0.15) is 13.8 Å². The van der Waals surface area contributed by atoms with Crippen LogP contribution in [0.4, 0.5) is 0 Å². The molecule has 0 aliphatic heterocycles. The first kappa shape index (κ1) is 17.9. The van der Waals surface area contributed by atoms with E-state index in [0.29, 0.717) is 32.1 Å². The molecule has 120 valence electrons. The maximum absolute atomic E-state index is 12.5. The molecule has 0 amide bonds. The van der Waals surface area contributed by atoms with Crippen molar-refractivity contribution in [3.8, 4) is 5.75 Å². The van der Waals surface area contributed by atoms with Crippen LogP contribution in [-0.2, 0) is 14.8 Å². The summed E-state index contributed by atoms with van der Waals surface area (Å²) in [5, 5.41) is 8.68. The number of benzene rings is 1. The van der Waals surface area contributed by atoms with Crippen molar-refractivity contribution in [3.05, 3.63) is 24.3 Å². The number of likely N-dealkylation sites (N-methyl/N-ethyl adjacent to an activating group) is 1. The van der Waals surface area contributed by atoms with E-state index in [1.54, 1.807) is 19.1 Å². The highest BCUT2D eigenvalue weighted by atomic mass is 32.2. The Bertz CT molecular complexity index is 501. The van der Waals surface area contributed by atoms with Gasteiger partial charge in [-0.15, -0.1) is 0 Å². The number of ether oxygens (including phenoxy) is 2. The van der Waals surface area contributed by atoms with Crippen LogP contribution in [-0.4, -0.2) is 57.3 Å². The Hall–Kier alpha value is -1.15. The molecule has 1 aromatic rings. The van der Waals surface area contributed by atoms with Crippen molar-refractivity contribution >= 4 is 10.0 Å². The second-order valence-electron chi connectivity index (χ2n) is 4.24. The molecule has 0 aromatic heterocycles. The molecule has 0 bridgehead atoms. The van der Waals surface area contributed by atoms with E-state index in [9.17, 15) is 8.42 Å². The molecule has 1 rings (SSSR count). The lowest BCUT2D eigenvalue weighted by Crippen LogP contribution is -2.33. The molecule has 0 heterocycles. The highest BCUT2D eigenvalue weighted by Crippen LogP contribution is 2.19. The summed E-state index contributed by atoms with van der Waals surface area (Å²) in [7, 11) is -3.52. The molecule has 7 heteroatoms. The maximum Gasteiger partial charge on any atom is 0.243 e. The highest BCUT2D eigenvalue weighted by molar-refractivity contribution is 7.89. The Labute approximate surface area is 126 Å². The zero-order chi connectivity index (χ0) is 15.7. The topological polar surface area (TPSA) is 76.1 Å². The van der Waals surface area contributed by atoms with Gasteiger partial charge in [-0.25, -0.2) is 8.42 Å². The van der Waals surface area contributed by atoms with Crippen LogP contribution >= 0.6 is 0 Å². The van der Waals surface area contributed by atoms with Crippen LogP contribution in [0.5, 0.6) is 5.75 Å². The molecule has 0 saturated heterocycles. The van der Waals surface area contributed by atoms with E-state index in [1.165, 1.54) is 16.4 Å². The monoisotopic (exact) mass is 317 g/mol. The molecule has 0 aliphatic carbocycles. The van der Waals surface area contributed by atoms with Gasteiger partial charge in [0.25, 0.3) is 0 Å². The summed E-state index contributed by atoms with van der Waals surface area (Å²) in [6, 6.07) is 6.18. The Morgan fingerprint density at radius 1 is 1.14 bits per heavy atom. The highest BCUT2D eigenvalue weighted by Gasteiger charge is 2.22. The molecular formula is C14H23NO5S. The number of hydrogen-bond donors (Lipinski definition) is 1. The second-order valence-corrected chi connectivity index (χ2v) is 6.18. The average Bonchev–Trinajstić information content (AvgIpc) is 2.49. The van der Waals surface area contributed by atoms with Crippen molar-refractivity contribution in [1.29, 1.82) is 0 Å². The lowest BCUT2D eigenvalue weighted by Gasteiger charge is -2.20. The Balaban J connectivity index is 2.79. The van der Waals surface area contributed by atoms with Gasteiger partial charge in [0.15, 0.2) is 0 Å². The summed E-state index contributed by atoms with van der Waals surface area (Å²) in [6.07, 6.45) is 0.